The van der Waals surface area contributed by atoms with E-state index in [0.717, 1.165) is 11.7 Å². The summed E-state index contributed by atoms with van der Waals surface area (Å²) in [6, 6.07) is 0. The zero-order valence-electron chi connectivity index (χ0n) is 8.56. The Morgan fingerprint density at radius 2 is 1.64 bits per heavy atom. The highest BCUT2D eigenvalue weighted by Gasteiger charge is 2.01. The Kier molecular flexibility index (Phi) is 16.4. The summed E-state index contributed by atoms with van der Waals surface area (Å²) in [4.78, 5) is 0. The van der Waals surface area contributed by atoms with E-state index in [1.165, 1.54) is 25.7 Å². The molecule has 1 heteroatoms. The second-order valence-electron chi connectivity index (χ2n) is 2.58. The van der Waals surface area contributed by atoms with Gasteiger partial charge in [0.1, 0.15) is 0 Å². The molecule has 0 aromatic carbocycles. The smallest absolute Gasteiger partial charge is 0.00953 e. The van der Waals surface area contributed by atoms with Gasteiger partial charge in [-0.2, -0.15) is 12.6 Å². The highest BCUT2D eigenvalue weighted by Crippen LogP contribution is 2.14. The summed E-state index contributed by atoms with van der Waals surface area (Å²) in [5.74, 6) is 1.99. The van der Waals surface area contributed by atoms with E-state index in [0.29, 0.717) is 0 Å². The van der Waals surface area contributed by atoms with E-state index in [-0.39, 0.29) is 0 Å². The van der Waals surface area contributed by atoms with Gasteiger partial charge in [-0.15, -0.1) is 0 Å². The van der Waals surface area contributed by atoms with Crippen molar-refractivity contribution < 1.29 is 0 Å². The molecule has 0 aliphatic heterocycles. The van der Waals surface area contributed by atoms with Gasteiger partial charge in [0.2, 0.25) is 0 Å². The maximum absolute atomic E-state index is 4.21. The van der Waals surface area contributed by atoms with Crippen molar-refractivity contribution in [2.24, 2.45) is 5.92 Å². The molecule has 11 heavy (non-hydrogen) atoms. The molecule has 1 unspecified atom stereocenters. The fourth-order valence-corrected chi connectivity index (χ4v) is 1.51. The lowest BCUT2D eigenvalue weighted by Gasteiger charge is -2.10. The van der Waals surface area contributed by atoms with E-state index in [4.69, 9.17) is 0 Å². The number of thiol groups is 1. The summed E-state index contributed by atoms with van der Waals surface area (Å²) in [5, 5.41) is 0. The number of hydrogen-bond acceptors (Lipinski definition) is 1. The number of rotatable bonds is 5. The summed E-state index contributed by atoms with van der Waals surface area (Å²) >= 11 is 4.21. The first kappa shape index (κ1) is 13.9. The fraction of sp³-hybridized carbons (Fsp3) is 1.00. The van der Waals surface area contributed by atoms with Gasteiger partial charge in [-0.05, 0) is 18.1 Å². The van der Waals surface area contributed by atoms with E-state index < -0.39 is 0 Å². The highest BCUT2D eigenvalue weighted by molar-refractivity contribution is 7.80. The summed E-state index contributed by atoms with van der Waals surface area (Å²) < 4.78 is 0. The third-order valence-electron chi connectivity index (χ3n) is 1.81. The Bertz CT molecular complexity index is 46.8. The molecule has 0 fully saturated rings. The van der Waals surface area contributed by atoms with Crippen LogP contribution in [-0.2, 0) is 0 Å². The lowest BCUT2D eigenvalue weighted by Crippen LogP contribution is -1.98. The van der Waals surface area contributed by atoms with E-state index in [1.54, 1.807) is 0 Å². The lowest BCUT2D eigenvalue weighted by atomic mass is 9.98. The molecule has 1 atom stereocenters. The van der Waals surface area contributed by atoms with Gasteiger partial charge in [-0.25, -0.2) is 0 Å². The molecule has 0 radical (unpaired) electrons. The summed E-state index contributed by atoms with van der Waals surface area (Å²) in [6.45, 7) is 8.52. The Morgan fingerprint density at radius 1 is 1.09 bits per heavy atom. The lowest BCUT2D eigenvalue weighted by molar-refractivity contribution is 0.454. The molecular weight excluding hydrogens is 152 g/mol. The van der Waals surface area contributed by atoms with Gasteiger partial charge in [0.15, 0.2) is 0 Å². The largest absolute Gasteiger partial charge is 0.179 e. The average molecular weight is 176 g/mol. The predicted octanol–water partition coefficient (Wildman–Crippen LogP) is 4.16. The van der Waals surface area contributed by atoms with E-state index in [2.05, 4.69) is 26.5 Å². The van der Waals surface area contributed by atoms with Gasteiger partial charge in [0, 0.05) is 0 Å². The van der Waals surface area contributed by atoms with Crippen LogP contribution in [-0.4, -0.2) is 5.75 Å². The topological polar surface area (TPSA) is 0 Å². The molecule has 0 N–H and O–H groups in total. The molecule has 0 spiro atoms. The predicted molar refractivity (Wildman–Crippen MR) is 58.5 cm³/mol. The third kappa shape index (κ3) is 10.4. The van der Waals surface area contributed by atoms with Crippen LogP contribution in [0.1, 0.15) is 53.4 Å². The van der Waals surface area contributed by atoms with Gasteiger partial charge >= 0.3 is 0 Å². The quantitative estimate of drug-likeness (QED) is 0.597. The van der Waals surface area contributed by atoms with Crippen molar-refractivity contribution in [3.8, 4) is 0 Å². The summed E-state index contributed by atoms with van der Waals surface area (Å²) in [7, 11) is 0. The maximum Gasteiger partial charge on any atom is -0.00953 e. The summed E-state index contributed by atoms with van der Waals surface area (Å²) in [6.07, 6.45) is 5.34. The van der Waals surface area contributed by atoms with E-state index >= 15 is 0 Å². The van der Waals surface area contributed by atoms with E-state index in [1.807, 2.05) is 13.8 Å². The molecule has 0 heterocycles. The molecule has 0 aliphatic rings. The zero-order valence-corrected chi connectivity index (χ0v) is 9.45. The maximum atomic E-state index is 4.21. The highest BCUT2D eigenvalue weighted by atomic mass is 32.1. The Balaban J connectivity index is 0. The molecule has 0 rings (SSSR count). The molecule has 0 bridgehead atoms. The second-order valence-corrected chi connectivity index (χ2v) is 3.02. The zero-order chi connectivity index (χ0) is 9.11. The first-order valence-electron chi connectivity index (χ1n) is 4.96. The normalized spacial score (nSPS) is 11.7. The van der Waals surface area contributed by atoms with Gasteiger partial charge in [-0.1, -0.05) is 47.0 Å². The monoisotopic (exact) mass is 176 g/mol. The van der Waals surface area contributed by atoms with E-state index in [9.17, 15) is 0 Å². The third-order valence-corrected chi connectivity index (χ3v) is 2.07. The molecule has 0 aromatic heterocycles. The van der Waals surface area contributed by atoms with Crippen molar-refractivity contribution in [2.75, 3.05) is 5.75 Å². The van der Waals surface area contributed by atoms with Crippen molar-refractivity contribution >= 4 is 12.6 Å². The molecule has 0 aromatic rings. The van der Waals surface area contributed by atoms with Crippen LogP contribution < -0.4 is 0 Å². The standard InChI is InChI=1S/C8H18S.C2H6/c1-3-5-8(4-2)6-7-9;1-2/h8-9H,3-7H2,1-2H3;1-2H3. The summed E-state index contributed by atoms with van der Waals surface area (Å²) in [5.41, 5.74) is 0. The van der Waals surface area contributed by atoms with Crippen LogP contribution in [0.2, 0.25) is 0 Å². The minimum absolute atomic E-state index is 0.937. The van der Waals surface area contributed by atoms with Crippen LogP contribution in [0.15, 0.2) is 0 Å². The van der Waals surface area contributed by atoms with Crippen molar-refractivity contribution in [3.63, 3.8) is 0 Å². The van der Waals surface area contributed by atoms with Crippen LogP contribution in [0.25, 0.3) is 0 Å². The van der Waals surface area contributed by atoms with Crippen LogP contribution >= 0.6 is 12.6 Å². The SMILES string of the molecule is CC.CCCC(CC)CCS. The molecule has 0 saturated carbocycles. The molecule has 0 nitrogen and oxygen atoms in total. The van der Waals surface area contributed by atoms with Crippen molar-refractivity contribution in [1.29, 1.82) is 0 Å². The minimum Gasteiger partial charge on any atom is -0.179 e. The molecule has 0 saturated heterocycles. The van der Waals surface area contributed by atoms with Crippen molar-refractivity contribution in [1.82, 2.24) is 0 Å². The van der Waals surface area contributed by atoms with Gasteiger partial charge in [0.25, 0.3) is 0 Å². The Labute approximate surface area is 78.2 Å². The van der Waals surface area contributed by atoms with Crippen LogP contribution in [0.3, 0.4) is 0 Å². The fourth-order valence-electron chi connectivity index (χ4n) is 1.14. The molecule has 0 amide bonds. The molecule has 0 aliphatic carbocycles. The molecular formula is C10H24S. The van der Waals surface area contributed by atoms with Gasteiger partial charge in [-0.3, -0.25) is 0 Å². The van der Waals surface area contributed by atoms with Gasteiger partial charge < -0.3 is 0 Å². The van der Waals surface area contributed by atoms with Crippen LogP contribution in [0, 0.1) is 5.92 Å². The van der Waals surface area contributed by atoms with Gasteiger partial charge in [0.05, 0.1) is 0 Å². The van der Waals surface area contributed by atoms with Crippen molar-refractivity contribution in [2.45, 2.75) is 53.4 Å². The molecule has 70 valence electrons. The first-order valence-corrected chi connectivity index (χ1v) is 5.59. The Morgan fingerprint density at radius 3 is 1.91 bits per heavy atom. The van der Waals surface area contributed by atoms with Crippen molar-refractivity contribution in [3.05, 3.63) is 0 Å². The van der Waals surface area contributed by atoms with Crippen LogP contribution in [0.5, 0.6) is 0 Å². The first-order chi connectivity index (χ1) is 5.35. The second kappa shape index (κ2) is 13.0. The average Bonchev–Trinajstić information content (AvgIpc) is 2.08. The minimum atomic E-state index is 0.937. The Hall–Kier alpha value is 0.350. The number of hydrogen-bond donors (Lipinski definition) is 1. The van der Waals surface area contributed by atoms with Crippen LogP contribution in [0.4, 0.5) is 0 Å².